The van der Waals surface area contributed by atoms with Crippen molar-refractivity contribution in [3.8, 4) is 6.07 Å². The van der Waals surface area contributed by atoms with Crippen LogP contribution in [0, 0.1) is 32.7 Å². The minimum absolute atomic E-state index is 0.151. The first-order valence-electron chi connectivity index (χ1n) is 6.15. The zero-order valence-corrected chi connectivity index (χ0v) is 10.6. The van der Waals surface area contributed by atoms with E-state index in [9.17, 15) is 19.3 Å². The lowest BCUT2D eigenvalue weighted by Crippen LogP contribution is -2.32. The highest BCUT2D eigenvalue weighted by atomic mass is 19.1. The van der Waals surface area contributed by atoms with Crippen molar-refractivity contribution in [2.24, 2.45) is 5.41 Å². The Labute approximate surface area is 114 Å². The number of nitro groups is 1. The lowest BCUT2D eigenvalue weighted by Gasteiger charge is -2.19. The quantitative estimate of drug-likeness (QED) is 0.678. The minimum Gasteiger partial charge on any atom is -0.322 e. The van der Waals surface area contributed by atoms with Crippen LogP contribution in [0.1, 0.15) is 25.7 Å². The maximum atomic E-state index is 13.7. The summed E-state index contributed by atoms with van der Waals surface area (Å²) in [4.78, 5) is 21.9. The second kappa shape index (κ2) is 5.25. The molecule has 1 aromatic rings. The van der Waals surface area contributed by atoms with Crippen LogP contribution in [0.5, 0.6) is 0 Å². The first kappa shape index (κ1) is 13.9. The van der Waals surface area contributed by atoms with E-state index < -0.39 is 27.8 Å². The molecule has 2 rings (SSSR count). The van der Waals surface area contributed by atoms with Crippen molar-refractivity contribution in [3.05, 3.63) is 34.1 Å². The molecule has 1 amide bonds. The van der Waals surface area contributed by atoms with Crippen molar-refractivity contribution >= 4 is 17.3 Å². The standard InChI is InChI=1S/C13H12FN3O3/c14-10-7-9(17(19)20)3-4-11(10)16-12(18)13(8-15)5-1-2-6-13/h3-4,7H,1-2,5-6H2,(H,16,18). The SMILES string of the molecule is N#CC1(C(=O)Nc2ccc([N+](=O)[O-])cc2F)CCCC1. The molecule has 0 aromatic heterocycles. The zero-order valence-electron chi connectivity index (χ0n) is 10.6. The van der Waals surface area contributed by atoms with Gasteiger partial charge in [-0.1, -0.05) is 12.8 Å². The largest absolute Gasteiger partial charge is 0.322 e. The highest BCUT2D eigenvalue weighted by molar-refractivity contribution is 5.97. The molecule has 7 heteroatoms. The van der Waals surface area contributed by atoms with E-state index in [0.717, 1.165) is 31.0 Å². The molecule has 0 saturated heterocycles. The summed E-state index contributed by atoms with van der Waals surface area (Å²) in [5, 5.41) is 22.0. The number of amides is 1. The Hall–Kier alpha value is -2.49. The van der Waals surface area contributed by atoms with Crippen LogP contribution in [0.4, 0.5) is 15.8 Å². The molecule has 0 aliphatic heterocycles. The summed E-state index contributed by atoms with van der Waals surface area (Å²) >= 11 is 0. The highest BCUT2D eigenvalue weighted by Crippen LogP contribution is 2.38. The first-order valence-corrected chi connectivity index (χ1v) is 6.15. The molecular weight excluding hydrogens is 265 g/mol. The van der Waals surface area contributed by atoms with Crippen LogP contribution in [-0.4, -0.2) is 10.8 Å². The fourth-order valence-electron chi connectivity index (χ4n) is 2.33. The summed E-state index contributed by atoms with van der Waals surface area (Å²) in [6.45, 7) is 0. The average Bonchev–Trinajstić information content (AvgIpc) is 2.90. The molecule has 1 N–H and O–H groups in total. The maximum Gasteiger partial charge on any atom is 0.272 e. The van der Waals surface area contributed by atoms with Crippen molar-refractivity contribution in [2.75, 3.05) is 5.32 Å². The molecule has 1 aliphatic rings. The van der Waals surface area contributed by atoms with Gasteiger partial charge in [-0.15, -0.1) is 0 Å². The third kappa shape index (κ3) is 2.45. The zero-order chi connectivity index (χ0) is 14.8. The third-order valence-electron chi connectivity index (χ3n) is 3.52. The summed E-state index contributed by atoms with van der Waals surface area (Å²) in [6.07, 6.45) is 2.46. The molecule has 1 aromatic carbocycles. The van der Waals surface area contributed by atoms with Crippen LogP contribution < -0.4 is 5.32 Å². The van der Waals surface area contributed by atoms with Gasteiger partial charge in [-0.05, 0) is 18.9 Å². The maximum absolute atomic E-state index is 13.7. The molecule has 0 bridgehead atoms. The number of anilines is 1. The molecular formula is C13H12FN3O3. The van der Waals surface area contributed by atoms with Crippen LogP contribution in [0.25, 0.3) is 0 Å². The molecule has 1 aliphatic carbocycles. The van der Waals surface area contributed by atoms with Crippen LogP contribution in [0.15, 0.2) is 18.2 Å². The van der Waals surface area contributed by atoms with Crippen LogP contribution in [0.3, 0.4) is 0 Å². The van der Waals surface area contributed by atoms with Crippen LogP contribution in [0.2, 0.25) is 0 Å². The van der Waals surface area contributed by atoms with Gasteiger partial charge in [-0.25, -0.2) is 4.39 Å². The van der Waals surface area contributed by atoms with E-state index in [2.05, 4.69) is 5.32 Å². The molecule has 0 spiro atoms. The molecule has 1 fully saturated rings. The number of halogens is 1. The highest BCUT2D eigenvalue weighted by Gasteiger charge is 2.41. The van der Waals surface area contributed by atoms with E-state index in [4.69, 9.17) is 5.26 Å². The van der Waals surface area contributed by atoms with E-state index in [1.165, 1.54) is 0 Å². The van der Waals surface area contributed by atoms with Crippen molar-refractivity contribution in [1.82, 2.24) is 0 Å². The number of carbonyl (C=O) groups excluding carboxylic acids is 1. The summed E-state index contributed by atoms with van der Waals surface area (Å²) in [5.74, 6) is -1.44. The number of nitro benzene ring substituents is 1. The second-order valence-electron chi connectivity index (χ2n) is 4.78. The van der Waals surface area contributed by atoms with Crippen molar-refractivity contribution in [1.29, 1.82) is 5.26 Å². The molecule has 1 saturated carbocycles. The first-order chi connectivity index (χ1) is 9.48. The van der Waals surface area contributed by atoms with Gasteiger partial charge in [0.25, 0.3) is 5.69 Å². The number of nitriles is 1. The number of nitrogens with zero attached hydrogens (tertiary/aromatic N) is 2. The predicted octanol–water partition coefficient (Wildman–Crippen LogP) is 2.76. The third-order valence-corrected chi connectivity index (χ3v) is 3.52. The molecule has 0 atom stereocenters. The Morgan fingerprint density at radius 1 is 1.45 bits per heavy atom. The topological polar surface area (TPSA) is 96.0 Å². The Kier molecular flexibility index (Phi) is 3.66. The Bertz CT molecular complexity index is 603. The van der Waals surface area contributed by atoms with Gasteiger partial charge in [0, 0.05) is 6.07 Å². The number of benzene rings is 1. The summed E-state index contributed by atoms with van der Waals surface area (Å²) in [7, 11) is 0. The number of carbonyl (C=O) groups is 1. The lowest BCUT2D eigenvalue weighted by molar-refractivity contribution is -0.385. The van der Waals surface area contributed by atoms with E-state index in [1.54, 1.807) is 0 Å². The van der Waals surface area contributed by atoms with Gasteiger partial charge >= 0.3 is 0 Å². The smallest absolute Gasteiger partial charge is 0.272 e. The number of hydrogen-bond acceptors (Lipinski definition) is 4. The van der Waals surface area contributed by atoms with Gasteiger partial charge in [0.2, 0.25) is 5.91 Å². The van der Waals surface area contributed by atoms with Gasteiger partial charge < -0.3 is 5.32 Å². The van der Waals surface area contributed by atoms with Gasteiger partial charge in [-0.3, -0.25) is 14.9 Å². The minimum atomic E-state index is -1.12. The molecule has 0 unspecified atom stereocenters. The number of nitrogens with one attached hydrogen (secondary N) is 1. The predicted molar refractivity (Wildman–Crippen MR) is 68.2 cm³/mol. The fourth-order valence-corrected chi connectivity index (χ4v) is 2.33. The fraction of sp³-hybridized carbons (Fsp3) is 0.385. The number of hydrogen-bond donors (Lipinski definition) is 1. The van der Waals surface area contributed by atoms with E-state index in [1.807, 2.05) is 6.07 Å². The van der Waals surface area contributed by atoms with Gasteiger partial charge in [0.15, 0.2) is 5.82 Å². The molecule has 6 nitrogen and oxygen atoms in total. The number of non-ortho nitro benzene ring substituents is 1. The Morgan fingerprint density at radius 2 is 2.10 bits per heavy atom. The van der Waals surface area contributed by atoms with Crippen molar-refractivity contribution in [2.45, 2.75) is 25.7 Å². The Balaban J connectivity index is 2.20. The van der Waals surface area contributed by atoms with Crippen LogP contribution >= 0.6 is 0 Å². The van der Waals surface area contributed by atoms with Gasteiger partial charge in [0.1, 0.15) is 5.41 Å². The van der Waals surface area contributed by atoms with Crippen molar-refractivity contribution < 1.29 is 14.1 Å². The van der Waals surface area contributed by atoms with E-state index in [-0.39, 0.29) is 5.69 Å². The lowest BCUT2D eigenvalue weighted by atomic mass is 9.87. The average molecular weight is 277 g/mol. The van der Waals surface area contributed by atoms with Crippen molar-refractivity contribution in [3.63, 3.8) is 0 Å². The summed E-state index contributed by atoms with van der Waals surface area (Å²) in [6, 6.07) is 4.98. The van der Waals surface area contributed by atoms with Crippen LogP contribution in [-0.2, 0) is 4.79 Å². The van der Waals surface area contributed by atoms with E-state index >= 15 is 0 Å². The second-order valence-corrected chi connectivity index (χ2v) is 4.78. The Morgan fingerprint density at radius 3 is 2.60 bits per heavy atom. The summed E-state index contributed by atoms with van der Waals surface area (Å²) in [5.41, 5.74) is -1.66. The molecule has 20 heavy (non-hydrogen) atoms. The summed E-state index contributed by atoms with van der Waals surface area (Å²) < 4.78 is 13.7. The van der Waals surface area contributed by atoms with Gasteiger partial charge in [0.05, 0.1) is 22.7 Å². The van der Waals surface area contributed by atoms with Gasteiger partial charge in [-0.2, -0.15) is 5.26 Å². The molecule has 104 valence electrons. The number of rotatable bonds is 3. The normalized spacial score (nSPS) is 16.4. The molecule has 0 radical (unpaired) electrons. The monoisotopic (exact) mass is 277 g/mol. The molecule has 0 heterocycles. The van der Waals surface area contributed by atoms with E-state index in [0.29, 0.717) is 12.8 Å².